The van der Waals surface area contributed by atoms with Crippen LogP contribution >= 0.6 is 27.5 Å². The second-order valence-electron chi connectivity index (χ2n) is 3.74. The first-order valence-corrected chi connectivity index (χ1v) is 6.16. The minimum Gasteiger partial charge on any atom is -0.309 e. The lowest BCUT2D eigenvalue weighted by molar-refractivity contribution is 0.548. The monoisotopic (exact) mass is 305 g/mol. The largest absolute Gasteiger partial charge is 0.309 e. The first kappa shape index (κ1) is 13.7. The van der Waals surface area contributed by atoms with Gasteiger partial charge in [0.05, 0.1) is 0 Å². The average molecular weight is 307 g/mol. The molecule has 4 heteroatoms. The van der Waals surface area contributed by atoms with Crippen LogP contribution in [0.5, 0.6) is 0 Å². The van der Waals surface area contributed by atoms with Crippen molar-refractivity contribution in [1.82, 2.24) is 5.32 Å². The van der Waals surface area contributed by atoms with Gasteiger partial charge in [-0.1, -0.05) is 40.2 Å². The zero-order chi connectivity index (χ0) is 12.1. The maximum Gasteiger partial charge on any atom is 0.127 e. The summed E-state index contributed by atoms with van der Waals surface area (Å²) in [6, 6.07) is 5.26. The maximum absolute atomic E-state index is 13.5. The third kappa shape index (κ3) is 4.64. The van der Waals surface area contributed by atoms with Crippen LogP contribution in [0, 0.1) is 5.82 Å². The number of nitrogens with one attached hydrogen (secondary N) is 1. The lowest BCUT2D eigenvalue weighted by Crippen LogP contribution is -2.29. The van der Waals surface area contributed by atoms with E-state index in [0.29, 0.717) is 23.6 Å². The molecule has 0 spiro atoms. The molecule has 0 aliphatic rings. The SMILES string of the molecule is C=C(Cl)CNC(C)Cc1ccc(Br)cc1F. The normalized spacial score (nSPS) is 12.5. The zero-order valence-electron chi connectivity index (χ0n) is 9.06. The molecule has 0 aliphatic carbocycles. The van der Waals surface area contributed by atoms with Crippen LogP contribution in [0.1, 0.15) is 12.5 Å². The second-order valence-corrected chi connectivity index (χ2v) is 5.19. The van der Waals surface area contributed by atoms with Crippen molar-refractivity contribution in [3.05, 3.63) is 45.7 Å². The van der Waals surface area contributed by atoms with Crippen LogP contribution in [0.15, 0.2) is 34.3 Å². The highest BCUT2D eigenvalue weighted by Crippen LogP contribution is 2.16. The summed E-state index contributed by atoms with van der Waals surface area (Å²) in [6.45, 7) is 6.12. The van der Waals surface area contributed by atoms with Gasteiger partial charge in [0.25, 0.3) is 0 Å². The highest BCUT2D eigenvalue weighted by molar-refractivity contribution is 9.10. The van der Waals surface area contributed by atoms with E-state index in [1.54, 1.807) is 6.07 Å². The predicted octanol–water partition coefficient (Wildman–Crippen LogP) is 3.86. The fourth-order valence-electron chi connectivity index (χ4n) is 1.37. The molecule has 1 atom stereocenters. The quantitative estimate of drug-likeness (QED) is 0.871. The van der Waals surface area contributed by atoms with Crippen molar-refractivity contribution < 1.29 is 4.39 Å². The smallest absolute Gasteiger partial charge is 0.127 e. The van der Waals surface area contributed by atoms with Crippen molar-refractivity contribution in [3.8, 4) is 0 Å². The number of rotatable bonds is 5. The van der Waals surface area contributed by atoms with Crippen molar-refractivity contribution in [2.24, 2.45) is 0 Å². The summed E-state index contributed by atoms with van der Waals surface area (Å²) in [4.78, 5) is 0. The third-order valence-corrected chi connectivity index (χ3v) is 2.81. The molecule has 0 saturated carbocycles. The van der Waals surface area contributed by atoms with Crippen LogP contribution in [0.25, 0.3) is 0 Å². The third-order valence-electron chi connectivity index (χ3n) is 2.18. The molecule has 1 N–H and O–H groups in total. The average Bonchev–Trinajstić information content (AvgIpc) is 2.19. The number of hydrogen-bond acceptors (Lipinski definition) is 1. The van der Waals surface area contributed by atoms with Crippen molar-refractivity contribution in [2.45, 2.75) is 19.4 Å². The Kier molecular flexibility index (Phi) is 5.46. The minimum absolute atomic E-state index is 0.158. The van der Waals surface area contributed by atoms with Gasteiger partial charge in [-0.05, 0) is 31.0 Å². The molecule has 1 aromatic carbocycles. The van der Waals surface area contributed by atoms with E-state index in [9.17, 15) is 4.39 Å². The summed E-state index contributed by atoms with van der Waals surface area (Å²) in [7, 11) is 0. The van der Waals surface area contributed by atoms with Crippen molar-refractivity contribution in [1.29, 1.82) is 0 Å². The van der Waals surface area contributed by atoms with Gasteiger partial charge in [0, 0.05) is 22.1 Å². The fourth-order valence-corrected chi connectivity index (χ4v) is 1.78. The molecule has 16 heavy (non-hydrogen) atoms. The summed E-state index contributed by atoms with van der Waals surface area (Å²) in [5, 5.41) is 3.72. The molecule has 0 heterocycles. The first-order chi connectivity index (χ1) is 7.49. The Labute approximate surface area is 109 Å². The fraction of sp³-hybridized carbons (Fsp3) is 0.333. The predicted molar refractivity (Wildman–Crippen MR) is 70.3 cm³/mol. The summed E-state index contributed by atoms with van der Waals surface area (Å²) in [5.74, 6) is -0.187. The van der Waals surface area contributed by atoms with Gasteiger partial charge in [0.15, 0.2) is 0 Å². The first-order valence-electron chi connectivity index (χ1n) is 4.99. The molecule has 0 radical (unpaired) electrons. The van der Waals surface area contributed by atoms with Gasteiger partial charge in [-0.2, -0.15) is 0 Å². The Morgan fingerprint density at radius 2 is 2.31 bits per heavy atom. The Bertz CT molecular complexity index is 381. The molecule has 0 fully saturated rings. The van der Waals surface area contributed by atoms with Crippen LogP contribution in [0.2, 0.25) is 0 Å². The molecular weight excluding hydrogens is 292 g/mol. The van der Waals surface area contributed by atoms with Crippen molar-refractivity contribution in [2.75, 3.05) is 6.54 Å². The molecule has 0 amide bonds. The number of hydrogen-bond donors (Lipinski definition) is 1. The summed E-state index contributed by atoms with van der Waals surface area (Å²) >= 11 is 8.87. The molecule has 0 bridgehead atoms. The highest BCUT2D eigenvalue weighted by Gasteiger charge is 2.07. The van der Waals surface area contributed by atoms with E-state index in [4.69, 9.17) is 11.6 Å². The topological polar surface area (TPSA) is 12.0 Å². The number of halogens is 3. The van der Waals surface area contributed by atoms with E-state index in [0.717, 1.165) is 4.47 Å². The Balaban J connectivity index is 2.55. The Hall–Kier alpha value is -0.380. The van der Waals surface area contributed by atoms with Gasteiger partial charge in [-0.3, -0.25) is 0 Å². The lowest BCUT2D eigenvalue weighted by Gasteiger charge is -2.13. The van der Waals surface area contributed by atoms with Gasteiger partial charge in [0.1, 0.15) is 5.82 Å². The standard InChI is InChI=1S/C12H14BrClFN/c1-8(14)7-16-9(2)5-10-3-4-11(13)6-12(10)15/h3-4,6,9,16H,1,5,7H2,2H3. The summed E-state index contributed by atoms with van der Waals surface area (Å²) in [5.41, 5.74) is 0.698. The van der Waals surface area contributed by atoms with Gasteiger partial charge < -0.3 is 5.32 Å². The van der Waals surface area contributed by atoms with E-state index < -0.39 is 0 Å². The molecule has 1 nitrogen and oxygen atoms in total. The highest BCUT2D eigenvalue weighted by atomic mass is 79.9. The van der Waals surface area contributed by atoms with Gasteiger partial charge in [-0.15, -0.1) is 0 Å². The lowest BCUT2D eigenvalue weighted by atomic mass is 10.1. The van der Waals surface area contributed by atoms with Crippen LogP contribution < -0.4 is 5.32 Å². The Morgan fingerprint density at radius 1 is 1.62 bits per heavy atom. The van der Waals surface area contributed by atoms with Crippen LogP contribution in [-0.4, -0.2) is 12.6 Å². The van der Waals surface area contributed by atoms with Gasteiger partial charge in [-0.25, -0.2) is 4.39 Å². The Morgan fingerprint density at radius 3 is 2.88 bits per heavy atom. The van der Waals surface area contributed by atoms with Crippen LogP contribution in [0.3, 0.4) is 0 Å². The molecule has 1 aromatic rings. The van der Waals surface area contributed by atoms with Crippen LogP contribution in [-0.2, 0) is 6.42 Å². The second kappa shape index (κ2) is 6.38. The van der Waals surface area contributed by atoms with E-state index in [1.165, 1.54) is 6.07 Å². The van der Waals surface area contributed by atoms with E-state index >= 15 is 0 Å². The van der Waals surface area contributed by atoms with E-state index in [-0.39, 0.29) is 11.9 Å². The minimum atomic E-state index is -0.187. The van der Waals surface area contributed by atoms with Gasteiger partial charge >= 0.3 is 0 Å². The van der Waals surface area contributed by atoms with Crippen LogP contribution in [0.4, 0.5) is 4.39 Å². The molecule has 0 aromatic heterocycles. The van der Waals surface area contributed by atoms with Gasteiger partial charge in [0.2, 0.25) is 0 Å². The molecule has 1 unspecified atom stereocenters. The summed E-state index contributed by atoms with van der Waals surface area (Å²) in [6.07, 6.45) is 0.628. The van der Waals surface area contributed by atoms with Crippen molar-refractivity contribution >= 4 is 27.5 Å². The van der Waals surface area contributed by atoms with Crippen molar-refractivity contribution in [3.63, 3.8) is 0 Å². The molecule has 1 rings (SSSR count). The summed E-state index contributed by atoms with van der Waals surface area (Å²) < 4.78 is 14.3. The zero-order valence-corrected chi connectivity index (χ0v) is 11.4. The van der Waals surface area contributed by atoms with E-state index in [2.05, 4.69) is 27.8 Å². The molecular formula is C12H14BrClFN. The maximum atomic E-state index is 13.5. The van der Waals surface area contributed by atoms with E-state index in [1.807, 2.05) is 13.0 Å². The molecule has 0 aliphatic heterocycles. The molecule has 0 saturated heterocycles. The number of benzene rings is 1. The molecule has 88 valence electrons.